The van der Waals surface area contributed by atoms with Gasteiger partial charge in [0, 0.05) is 12.6 Å². The van der Waals surface area contributed by atoms with Crippen LogP contribution in [0.1, 0.15) is 24.0 Å². The van der Waals surface area contributed by atoms with Gasteiger partial charge in [-0.3, -0.25) is 0 Å². The van der Waals surface area contributed by atoms with E-state index in [1.807, 2.05) is 0 Å². The molecule has 2 aromatic carbocycles. The molecule has 1 aliphatic rings. The quantitative estimate of drug-likeness (QED) is 0.715. The molecule has 1 fully saturated rings. The molecule has 174 valence electrons. The number of benzene rings is 2. The monoisotopic (exact) mass is 470 g/mol. The minimum atomic E-state index is -4.44. The summed E-state index contributed by atoms with van der Waals surface area (Å²) in [6.07, 6.45) is -2.45. The Balaban J connectivity index is 1.92. The summed E-state index contributed by atoms with van der Waals surface area (Å²) in [5.74, 6) is 0. The summed E-state index contributed by atoms with van der Waals surface area (Å²) in [5.41, 5.74) is 1.05. The van der Waals surface area contributed by atoms with Crippen molar-refractivity contribution in [3.05, 3.63) is 59.7 Å². The highest BCUT2D eigenvalue weighted by Gasteiger charge is 2.36. The van der Waals surface area contributed by atoms with Crippen molar-refractivity contribution in [1.29, 1.82) is 0 Å². The van der Waals surface area contributed by atoms with E-state index in [9.17, 15) is 26.4 Å². The van der Waals surface area contributed by atoms with Crippen LogP contribution in [-0.2, 0) is 27.4 Å². The van der Waals surface area contributed by atoms with Crippen LogP contribution in [0.5, 0.6) is 0 Å². The number of sulfonamides is 1. The number of alkyl halides is 3. The standard InChI is InChI=1S/C22H25F3N2O4S/c1-31-21(28)27-11-5-10-19(26-32(2,29)30)20(27)13-15-6-3-7-16(12-15)17-8-4-9-18(14-17)22(23,24)25/h3-4,6-9,12,14,19-20,26H,5,10-11,13H2,1-2H3. The first kappa shape index (κ1) is 24.1. The molecule has 0 radical (unpaired) electrons. The van der Waals surface area contributed by atoms with Gasteiger partial charge in [-0.2, -0.15) is 13.2 Å². The van der Waals surface area contributed by atoms with Crippen molar-refractivity contribution in [2.24, 2.45) is 0 Å². The zero-order chi connectivity index (χ0) is 23.5. The van der Waals surface area contributed by atoms with Crippen molar-refractivity contribution in [3.8, 4) is 11.1 Å². The predicted molar refractivity (Wildman–Crippen MR) is 114 cm³/mol. The van der Waals surface area contributed by atoms with Crippen LogP contribution in [0.2, 0.25) is 0 Å². The first-order valence-electron chi connectivity index (χ1n) is 10.1. The molecule has 0 aromatic heterocycles. The second-order valence-corrected chi connectivity index (χ2v) is 9.63. The second kappa shape index (κ2) is 9.50. The normalized spacial score (nSPS) is 19.6. The molecule has 32 heavy (non-hydrogen) atoms. The molecule has 0 spiro atoms. The molecule has 0 saturated carbocycles. The topological polar surface area (TPSA) is 75.7 Å². The van der Waals surface area contributed by atoms with Gasteiger partial charge in [0.2, 0.25) is 10.0 Å². The van der Waals surface area contributed by atoms with Gasteiger partial charge in [-0.25, -0.2) is 17.9 Å². The van der Waals surface area contributed by atoms with E-state index in [1.165, 1.54) is 18.1 Å². The average Bonchev–Trinajstić information content (AvgIpc) is 2.73. The van der Waals surface area contributed by atoms with Crippen LogP contribution in [0.3, 0.4) is 0 Å². The third kappa shape index (κ3) is 6.01. The molecule has 2 aromatic rings. The molecule has 1 N–H and O–H groups in total. The Kier molecular flexibility index (Phi) is 7.14. The molecule has 6 nitrogen and oxygen atoms in total. The molecule has 10 heteroatoms. The van der Waals surface area contributed by atoms with Gasteiger partial charge < -0.3 is 9.64 Å². The summed E-state index contributed by atoms with van der Waals surface area (Å²) >= 11 is 0. The van der Waals surface area contributed by atoms with Crippen LogP contribution >= 0.6 is 0 Å². The summed E-state index contributed by atoms with van der Waals surface area (Å²) in [6.45, 7) is 0.423. The summed E-state index contributed by atoms with van der Waals surface area (Å²) in [5, 5.41) is 0. The number of ether oxygens (including phenoxy) is 1. The number of carbonyl (C=O) groups excluding carboxylic acids is 1. The van der Waals surface area contributed by atoms with Gasteiger partial charge in [-0.05, 0) is 48.1 Å². The Morgan fingerprint density at radius 2 is 1.81 bits per heavy atom. The predicted octanol–water partition coefficient (Wildman–Crippen LogP) is 4.06. The summed E-state index contributed by atoms with van der Waals surface area (Å²) < 4.78 is 70.5. The summed E-state index contributed by atoms with van der Waals surface area (Å²) in [6, 6.07) is 11.1. The summed E-state index contributed by atoms with van der Waals surface area (Å²) in [7, 11) is -2.24. The molecular formula is C22H25F3N2O4S. The Labute approximate surface area is 185 Å². The fraction of sp³-hybridized carbons (Fsp3) is 0.409. The maximum absolute atomic E-state index is 13.1. The lowest BCUT2D eigenvalue weighted by molar-refractivity contribution is -0.137. The van der Waals surface area contributed by atoms with E-state index < -0.39 is 39.9 Å². The van der Waals surface area contributed by atoms with Gasteiger partial charge in [-0.1, -0.05) is 36.4 Å². The molecule has 1 saturated heterocycles. The van der Waals surface area contributed by atoms with Crippen molar-refractivity contribution in [1.82, 2.24) is 9.62 Å². The van der Waals surface area contributed by atoms with Gasteiger partial charge in [0.25, 0.3) is 0 Å². The Morgan fingerprint density at radius 3 is 2.44 bits per heavy atom. The Bertz CT molecular complexity index is 1070. The number of carbonyl (C=O) groups is 1. The molecular weight excluding hydrogens is 445 g/mol. The van der Waals surface area contributed by atoms with Gasteiger partial charge in [0.05, 0.1) is 25.0 Å². The maximum Gasteiger partial charge on any atom is 0.416 e. The van der Waals surface area contributed by atoms with E-state index in [0.717, 1.165) is 24.0 Å². The number of rotatable bonds is 5. The molecule has 1 amide bonds. The largest absolute Gasteiger partial charge is 0.453 e. The number of likely N-dealkylation sites (tertiary alicyclic amines) is 1. The smallest absolute Gasteiger partial charge is 0.416 e. The van der Waals surface area contributed by atoms with E-state index >= 15 is 0 Å². The van der Waals surface area contributed by atoms with Crippen LogP contribution in [-0.4, -0.2) is 51.4 Å². The number of hydrogen-bond acceptors (Lipinski definition) is 4. The summed E-state index contributed by atoms with van der Waals surface area (Å²) in [4.78, 5) is 13.8. The van der Waals surface area contributed by atoms with Crippen molar-refractivity contribution >= 4 is 16.1 Å². The number of piperidine rings is 1. The van der Waals surface area contributed by atoms with E-state index in [-0.39, 0.29) is 0 Å². The Morgan fingerprint density at radius 1 is 1.16 bits per heavy atom. The second-order valence-electron chi connectivity index (χ2n) is 7.85. The van der Waals surface area contributed by atoms with Crippen LogP contribution in [0, 0.1) is 0 Å². The maximum atomic E-state index is 13.1. The zero-order valence-electron chi connectivity index (χ0n) is 17.7. The SMILES string of the molecule is COC(=O)N1CCCC(NS(C)(=O)=O)C1Cc1cccc(-c2cccc(C(F)(F)F)c2)c1. The van der Waals surface area contributed by atoms with Gasteiger partial charge in [0.15, 0.2) is 0 Å². The van der Waals surface area contributed by atoms with Gasteiger partial charge >= 0.3 is 12.3 Å². The third-order valence-corrected chi connectivity index (χ3v) is 6.18. The highest BCUT2D eigenvalue weighted by Crippen LogP contribution is 2.32. The van der Waals surface area contributed by atoms with Gasteiger partial charge in [-0.15, -0.1) is 0 Å². The highest BCUT2D eigenvalue weighted by atomic mass is 32.2. The number of nitrogens with zero attached hydrogens (tertiary/aromatic N) is 1. The highest BCUT2D eigenvalue weighted by molar-refractivity contribution is 7.88. The number of halogens is 3. The number of methoxy groups -OCH3 is 1. The Hall–Kier alpha value is -2.59. The molecule has 2 unspecified atom stereocenters. The molecule has 2 atom stereocenters. The number of nitrogens with one attached hydrogen (secondary N) is 1. The first-order chi connectivity index (χ1) is 15.0. The van der Waals surface area contributed by atoms with Crippen LogP contribution in [0.15, 0.2) is 48.5 Å². The minimum absolute atomic E-state index is 0.315. The molecule has 1 aliphatic heterocycles. The van der Waals surface area contributed by atoms with E-state index in [0.29, 0.717) is 36.9 Å². The van der Waals surface area contributed by atoms with Crippen LogP contribution < -0.4 is 4.72 Å². The molecule has 1 heterocycles. The average molecular weight is 471 g/mol. The van der Waals surface area contributed by atoms with Crippen LogP contribution in [0.4, 0.5) is 18.0 Å². The van der Waals surface area contributed by atoms with Crippen molar-refractivity contribution in [2.45, 2.75) is 37.5 Å². The molecule has 3 rings (SSSR count). The lowest BCUT2D eigenvalue weighted by Gasteiger charge is -2.40. The third-order valence-electron chi connectivity index (χ3n) is 5.45. The fourth-order valence-electron chi connectivity index (χ4n) is 4.06. The number of amides is 1. The van der Waals surface area contributed by atoms with Crippen molar-refractivity contribution < 1.29 is 31.1 Å². The van der Waals surface area contributed by atoms with Crippen LogP contribution in [0.25, 0.3) is 11.1 Å². The fourth-order valence-corrected chi connectivity index (χ4v) is 4.89. The van der Waals surface area contributed by atoms with E-state index in [2.05, 4.69) is 4.72 Å². The minimum Gasteiger partial charge on any atom is -0.453 e. The molecule has 0 bridgehead atoms. The van der Waals surface area contributed by atoms with Crippen molar-refractivity contribution in [3.63, 3.8) is 0 Å². The lowest BCUT2D eigenvalue weighted by atomic mass is 9.90. The van der Waals surface area contributed by atoms with E-state index in [1.54, 1.807) is 30.3 Å². The zero-order valence-corrected chi connectivity index (χ0v) is 18.5. The van der Waals surface area contributed by atoms with Gasteiger partial charge in [0.1, 0.15) is 0 Å². The number of hydrogen-bond donors (Lipinski definition) is 1. The molecule has 0 aliphatic carbocycles. The van der Waals surface area contributed by atoms with Crippen molar-refractivity contribution in [2.75, 3.05) is 19.9 Å². The first-order valence-corrected chi connectivity index (χ1v) is 12.0. The lowest BCUT2D eigenvalue weighted by Crippen LogP contribution is -2.57. The van der Waals surface area contributed by atoms with E-state index in [4.69, 9.17) is 4.74 Å².